The minimum absolute atomic E-state index is 0.165. The van der Waals surface area contributed by atoms with Crippen LogP contribution in [0, 0.1) is 0 Å². The van der Waals surface area contributed by atoms with Gasteiger partial charge in [0.15, 0.2) is 11.5 Å². The summed E-state index contributed by atoms with van der Waals surface area (Å²) in [6.07, 6.45) is 0. The summed E-state index contributed by atoms with van der Waals surface area (Å²) in [5.41, 5.74) is 1.53. The number of carbonyl (C=O) groups is 2. The molecule has 0 spiro atoms. The van der Waals surface area contributed by atoms with Crippen molar-refractivity contribution in [2.45, 2.75) is 20.8 Å². The van der Waals surface area contributed by atoms with Crippen molar-refractivity contribution in [2.24, 2.45) is 0 Å². The van der Waals surface area contributed by atoms with Crippen molar-refractivity contribution in [3.8, 4) is 5.75 Å². The molecule has 0 fully saturated rings. The number of Topliss-reactive ketones (excluding diaryl/α,β-unsaturated/α-hetero) is 1. The van der Waals surface area contributed by atoms with Gasteiger partial charge in [-0.1, -0.05) is 6.07 Å². The van der Waals surface area contributed by atoms with Crippen molar-refractivity contribution in [3.05, 3.63) is 35.2 Å². The van der Waals surface area contributed by atoms with E-state index < -0.39 is 0 Å². The number of hydrogen-bond donors (Lipinski definition) is 3. The average molecular weight is 305 g/mol. The molecule has 0 aliphatic heterocycles. The Hall–Kier alpha value is -2.50. The van der Waals surface area contributed by atoms with Gasteiger partial charge in [0, 0.05) is 33.3 Å². The summed E-state index contributed by atoms with van der Waals surface area (Å²) in [6.45, 7) is 5.82. The molecule has 6 nitrogen and oxygen atoms in total. The highest BCUT2D eigenvalue weighted by Gasteiger charge is 2.17. The molecule has 1 aromatic rings. The molecule has 1 rings (SSSR count). The Bertz CT molecular complexity index is 607. The van der Waals surface area contributed by atoms with Crippen LogP contribution in [0.1, 0.15) is 31.1 Å². The van der Waals surface area contributed by atoms with Crippen molar-refractivity contribution in [3.63, 3.8) is 0 Å². The van der Waals surface area contributed by atoms with Crippen LogP contribution in [-0.2, 0) is 4.79 Å². The number of nitrogens with zero attached hydrogens (tertiary/aromatic N) is 1. The Labute approximate surface area is 130 Å². The number of para-hydroxylation sites is 1. The van der Waals surface area contributed by atoms with Crippen LogP contribution >= 0.6 is 0 Å². The number of benzene rings is 1. The number of hydrogen-bond acceptors (Lipinski definition) is 5. The number of phenolic OH excluding ortho intramolecular Hbond substituents is 1. The van der Waals surface area contributed by atoms with Crippen LogP contribution in [0.4, 0.5) is 5.69 Å². The van der Waals surface area contributed by atoms with Gasteiger partial charge >= 0.3 is 0 Å². The highest BCUT2D eigenvalue weighted by Crippen LogP contribution is 2.29. The van der Waals surface area contributed by atoms with Gasteiger partial charge in [-0.2, -0.15) is 0 Å². The summed E-state index contributed by atoms with van der Waals surface area (Å²) in [4.78, 5) is 25.2. The Morgan fingerprint density at radius 3 is 2.36 bits per heavy atom. The van der Waals surface area contributed by atoms with Crippen LogP contribution < -0.4 is 10.6 Å². The Balaban J connectivity index is 3.23. The summed E-state index contributed by atoms with van der Waals surface area (Å²) in [6, 6.07) is 4.81. The summed E-state index contributed by atoms with van der Waals surface area (Å²) < 4.78 is 0. The molecular formula is C16H23N3O3. The molecule has 0 aromatic heterocycles. The van der Waals surface area contributed by atoms with Gasteiger partial charge in [-0.25, -0.2) is 0 Å². The Morgan fingerprint density at radius 1 is 1.23 bits per heavy atom. The second-order valence-corrected chi connectivity index (χ2v) is 5.11. The SMILES string of the molecule is CCN/C(C)=C(\Nc1cccc(C(=O)N(C)C)c1O)C(C)=O. The predicted molar refractivity (Wildman–Crippen MR) is 86.8 cm³/mol. The first-order chi connectivity index (χ1) is 10.3. The molecule has 0 saturated heterocycles. The lowest BCUT2D eigenvalue weighted by Gasteiger charge is -2.17. The number of nitrogens with one attached hydrogen (secondary N) is 2. The molecule has 0 unspecified atom stereocenters. The van der Waals surface area contributed by atoms with E-state index in [0.29, 0.717) is 23.6 Å². The van der Waals surface area contributed by atoms with Gasteiger partial charge in [-0.3, -0.25) is 9.59 Å². The molecule has 0 bridgehead atoms. The van der Waals surface area contributed by atoms with Crippen molar-refractivity contribution in [2.75, 3.05) is 26.0 Å². The van der Waals surface area contributed by atoms with Crippen molar-refractivity contribution >= 4 is 17.4 Å². The normalized spacial score (nSPS) is 11.5. The second kappa shape index (κ2) is 7.49. The van der Waals surface area contributed by atoms with Crippen molar-refractivity contribution in [1.29, 1.82) is 0 Å². The molecule has 120 valence electrons. The van der Waals surface area contributed by atoms with Crippen LogP contribution in [0.2, 0.25) is 0 Å². The highest BCUT2D eigenvalue weighted by atomic mass is 16.3. The zero-order valence-corrected chi connectivity index (χ0v) is 13.7. The molecular weight excluding hydrogens is 282 g/mol. The third kappa shape index (κ3) is 4.00. The van der Waals surface area contributed by atoms with Crippen LogP contribution in [0.25, 0.3) is 0 Å². The molecule has 1 amide bonds. The van der Waals surface area contributed by atoms with Gasteiger partial charge in [-0.15, -0.1) is 0 Å². The van der Waals surface area contributed by atoms with Gasteiger partial charge in [0.05, 0.1) is 11.3 Å². The fourth-order valence-corrected chi connectivity index (χ4v) is 1.99. The van der Waals surface area contributed by atoms with Gasteiger partial charge < -0.3 is 20.6 Å². The number of rotatable bonds is 6. The summed E-state index contributed by atoms with van der Waals surface area (Å²) in [7, 11) is 3.22. The fraction of sp³-hybridized carbons (Fsp3) is 0.375. The molecule has 22 heavy (non-hydrogen) atoms. The largest absolute Gasteiger partial charge is 0.505 e. The zero-order valence-electron chi connectivity index (χ0n) is 13.7. The Morgan fingerprint density at radius 2 is 1.86 bits per heavy atom. The van der Waals surface area contributed by atoms with E-state index in [2.05, 4.69) is 10.6 Å². The van der Waals surface area contributed by atoms with E-state index >= 15 is 0 Å². The third-order valence-electron chi connectivity index (χ3n) is 3.10. The van der Waals surface area contributed by atoms with Gasteiger partial charge in [0.1, 0.15) is 5.70 Å². The van der Waals surface area contributed by atoms with E-state index in [9.17, 15) is 14.7 Å². The molecule has 0 aliphatic rings. The maximum absolute atomic E-state index is 12.0. The summed E-state index contributed by atoms with van der Waals surface area (Å²) >= 11 is 0. The maximum Gasteiger partial charge on any atom is 0.257 e. The topological polar surface area (TPSA) is 81.7 Å². The molecule has 0 atom stereocenters. The number of phenols is 1. The maximum atomic E-state index is 12.0. The van der Waals surface area contributed by atoms with Crippen LogP contribution in [0.5, 0.6) is 5.75 Å². The number of carbonyl (C=O) groups excluding carboxylic acids is 2. The smallest absolute Gasteiger partial charge is 0.257 e. The van der Waals surface area contributed by atoms with Crippen LogP contribution in [0.15, 0.2) is 29.6 Å². The van der Waals surface area contributed by atoms with E-state index in [1.807, 2.05) is 6.92 Å². The Kier molecular flexibility index (Phi) is 5.98. The monoisotopic (exact) mass is 305 g/mol. The summed E-state index contributed by atoms with van der Waals surface area (Å²) in [5, 5.41) is 16.3. The second-order valence-electron chi connectivity index (χ2n) is 5.11. The third-order valence-corrected chi connectivity index (χ3v) is 3.10. The number of anilines is 1. The molecule has 0 radical (unpaired) electrons. The van der Waals surface area contributed by atoms with Gasteiger partial charge in [-0.05, 0) is 26.0 Å². The highest BCUT2D eigenvalue weighted by molar-refractivity contribution is 6.00. The van der Waals surface area contributed by atoms with Crippen LogP contribution in [-0.4, -0.2) is 42.3 Å². The quantitative estimate of drug-likeness (QED) is 0.553. The number of aromatic hydroxyl groups is 1. The van der Waals surface area contributed by atoms with E-state index in [1.165, 1.54) is 17.9 Å². The molecule has 0 heterocycles. The van der Waals surface area contributed by atoms with Crippen molar-refractivity contribution in [1.82, 2.24) is 10.2 Å². The van der Waals surface area contributed by atoms with Gasteiger partial charge in [0.25, 0.3) is 5.91 Å². The first-order valence-electron chi connectivity index (χ1n) is 7.05. The average Bonchev–Trinajstić information content (AvgIpc) is 2.45. The number of ketones is 1. The van der Waals surface area contributed by atoms with E-state index in [4.69, 9.17) is 0 Å². The number of allylic oxidation sites excluding steroid dienone is 2. The lowest BCUT2D eigenvalue weighted by atomic mass is 10.1. The summed E-state index contributed by atoms with van der Waals surface area (Å²) in [5.74, 6) is -0.649. The fourth-order valence-electron chi connectivity index (χ4n) is 1.99. The number of amides is 1. The molecule has 6 heteroatoms. The first kappa shape index (κ1) is 17.6. The lowest BCUT2D eigenvalue weighted by Crippen LogP contribution is -2.22. The lowest BCUT2D eigenvalue weighted by molar-refractivity contribution is -0.113. The standard InChI is InChI=1S/C16H23N3O3/c1-6-17-10(2)14(11(3)20)18-13-9-7-8-12(15(13)21)16(22)19(4)5/h7-9,17-18,21H,6H2,1-5H3/b14-10-. The first-order valence-corrected chi connectivity index (χ1v) is 7.05. The molecule has 3 N–H and O–H groups in total. The minimum Gasteiger partial charge on any atom is -0.505 e. The van der Waals surface area contributed by atoms with E-state index in [1.54, 1.807) is 33.2 Å². The minimum atomic E-state index is -0.307. The molecule has 0 aliphatic carbocycles. The molecule has 0 saturated carbocycles. The van der Waals surface area contributed by atoms with E-state index in [0.717, 1.165) is 0 Å². The van der Waals surface area contributed by atoms with Crippen LogP contribution in [0.3, 0.4) is 0 Å². The predicted octanol–water partition coefficient (Wildman–Crippen LogP) is 1.94. The molecule has 1 aromatic carbocycles. The van der Waals surface area contributed by atoms with Gasteiger partial charge in [0.2, 0.25) is 0 Å². The van der Waals surface area contributed by atoms with Crippen molar-refractivity contribution < 1.29 is 14.7 Å². The van der Waals surface area contributed by atoms with E-state index in [-0.39, 0.29) is 23.0 Å². The zero-order chi connectivity index (χ0) is 16.9.